The maximum absolute atomic E-state index is 14.8. The second kappa shape index (κ2) is 11.0. The van der Waals surface area contributed by atoms with E-state index in [-0.39, 0.29) is 11.4 Å². The summed E-state index contributed by atoms with van der Waals surface area (Å²) >= 11 is 6.44. The summed E-state index contributed by atoms with van der Waals surface area (Å²) in [7, 11) is 3.46. The molecule has 0 saturated heterocycles. The van der Waals surface area contributed by atoms with Crippen LogP contribution >= 0.6 is 11.6 Å². The van der Waals surface area contributed by atoms with Crippen LogP contribution in [0.15, 0.2) is 30.5 Å². The number of methoxy groups -OCH3 is 2. The van der Waals surface area contributed by atoms with Crippen LogP contribution in [0.25, 0.3) is 11.1 Å². The molecule has 0 bridgehead atoms. The highest BCUT2D eigenvalue weighted by Crippen LogP contribution is 2.39. The van der Waals surface area contributed by atoms with Crippen LogP contribution in [0.3, 0.4) is 0 Å². The molecule has 2 aliphatic rings. The number of anilines is 2. The zero-order chi connectivity index (χ0) is 23.3. The summed E-state index contributed by atoms with van der Waals surface area (Å²) in [6.45, 7) is 2.32. The molecule has 180 valence electrons. The van der Waals surface area contributed by atoms with Crippen molar-refractivity contribution in [3.8, 4) is 11.1 Å². The van der Waals surface area contributed by atoms with Gasteiger partial charge in [-0.2, -0.15) is 0 Å². The first kappa shape index (κ1) is 24.2. The molecule has 4 rings (SSSR count). The van der Waals surface area contributed by atoms with Crippen LogP contribution in [0, 0.1) is 5.82 Å². The van der Waals surface area contributed by atoms with E-state index in [0.717, 1.165) is 63.2 Å². The smallest absolute Gasteiger partial charge is 0.131 e. The van der Waals surface area contributed by atoms with Crippen molar-refractivity contribution < 1.29 is 13.9 Å². The van der Waals surface area contributed by atoms with Gasteiger partial charge < -0.3 is 25.4 Å². The molecule has 0 spiro atoms. The van der Waals surface area contributed by atoms with Crippen molar-refractivity contribution in [3.05, 3.63) is 41.3 Å². The van der Waals surface area contributed by atoms with Crippen LogP contribution in [0.4, 0.5) is 15.9 Å². The fraction of sp³-hybridized carbons (Fsp3) is 0.560. The predicted octanol–water partition coefficient (Wildman–Crippen LogP) is 5.09. The Morgan fingerprint density at radius 1 is 1.09 bits per heavy atom. The van der Waals surface area contributed by atoms with Crippen molar-refractivity contribution in [2.24, 2.45) is 0 Å². The highest BCUT2D eigenvalue weighted by molar-refractivity contribution is 6.33. The van der Waals surface area contributed by atoms with Gasteiger partial charge >= 0.3 is 0 Å². The van der Waals surface area contributed by atoms with Crippen LogP contribution in [-0.2, 0) is 9.47 Å². The highest BCUT2D eigenvalue weighted by Gasteiger charge is 2.42. The first-order valence-electron chi connectivity index (χ1n) is 11.8. The Balaban J connectivity index is 1.41. The molecule has 0 atom stereocenters. The predicted molar refractivity (Wildman–Crippen MR) is 132 cm³/mol. The average Bonchev–Trinajstić information content (AvgIpc) is 3.62. The first-order chi connectivity index (χ1) is 16.0. The van der Waals surface area contributed by atoms with Gasteiger partial charge in [-0.3, -0.25) is 0 Å². The van der Waals surface area contributed by atoms with Crippen LogP contribution in [0.2, 0.25) is 5.02 Å². The Kier molecular flexibility index (Phi) is 8.07. The Labute approximate surface area is 200 Å². The fourth-order valence-corrected chi connectivity index (χ4v) is 4.64. The quantitative estimate of drug-likeness (QED) is 0.392. The van der Waals surface area contributed by atoms with Crippen molar-refractivity contribution in [2.45, 2.75) is 56.2 Å². The summed E-state index contributed by atoms with van der Waals surface area (Å²) in [6.07, 6.45) is 8.00. The summed E-state index contributed by atoms with van der Waals surface area (Å²) in [4.78, 5) is 4.45. The number of rotatable bonds is 11. The van der Waals surface area contributed by atoms with Crippen LogP contribution in [0.1, 0.15) is 38.5 Å². The zero-order valence-electron chi connectivity index (χ0n) is 19.4. The molecule has 8 heteroatoms. The Hall–Kier alpha value is -1.93. The number of nitrogens with one attached hydrogen (secondary N) is 3. The van der Waals surface area contributed by atoms with Gasteiger partial charge in [-0.15, -0.1) is 0 Å². The van der Waals surface area contributed by atoms with Gasteiger partial charge in [0.15, 0.2) is 0 Å². The molecule has 33 heavy (non-hydrogen) atoms. The van der Waals surface area contributed by atoms with Crippen molar-refractivity contribution in [3.63, 3.8) is 0 Å². The molecular formula is C25H34ClFN4O2. The third kappa shape index (κ3) is 6.35. The standard InChI is InChI=1S/C25H34ClFN4O2/c1-32-12-11-28-17-3-5-18(6-4-17)31-24-14-20(22(26)15-29-24)21-13-19(7-8-23(21)27)30-16-25(33-2)9-10-25/h7-8,13-15,17-18,28,30H,3-6,9-12,16H2,1-2H3,(H,29,31). The van der Waals surface area contributed by atoms with E-state index in [4.69, 9.17) is 21.1 Å². The maximum atomic E-state index is 14.8. The lowest BCUT2D eigenvalue weighted by Gasteiger charge is -2.30. The van der Waals surface area contributed by atoms with Gasteiger partial charge in [0.05, 0.1) is 17.2 Å². The van der Waals surface area contributed by atoms with E-state index >= 15 is 0 Å². The minimum atomic E-state index is -0.310. The number of halogens is 2. The molecule has 0 amide bonds. The van der Waals surface area contributed by atoms with Gasteiger partial charge in [-0.05, 0) is 62.8 Å². The Bertz CT molecular complexity index is 933. The van der Waals surface area contributed by atoms with Gasteiger partial charge in [-0.1, -0.05) is 11.6 Å². The molecule has 2 aliphatic carbocycles. The van der Waals surface area contributed by atoms with E-state index in [1.54, 1.807) is 26.5 Å². The third-order valence-electron chi connectivity index (χ3n) is 6.79. The maximum Gasteiger partial charge on any atom is 0.131 e. The van der Waals surface area contributed by atoms with Crippen LogP contribution < -0.4 is 16.0 Å². The second-order valence-electron chi connectivity index (χ2n) is 9.12. The topological polar surface area (TPSA) is 67.4 Å². The lowest BCUT2D eigenvalue weighted by molar-refractivity contribution is 0.0914. The fourth-order valence-electron chi connectivity index (χ4n) is 4.44. The summed E-state index contributed by atoms with van der Waals surface area (Å²) in [5.74, 6) is 0.411. The van der Waals surface area contributed by atoms with E-state index in [1.807, 2.05) is 12.1 Å². The molecule has 2 fully saturated rings. The number of pyridine rings is 1. The molecular weight excluding hydrogens is 443 g/mol. The molecule has 1 heterocycles. The number of hydrogen-bond acceptors (Lipinski definition) is 6. The van der Waals surface area contributed by atoms with Crippen molar-refractivity contribution in [1.82, 2.24) is 10.3 Å². The number of ether oxygens (including phenoxy) is 2. The monoisotopic (exact) mass is 476 g/mol. The minimum absolute atomic E-state index is 0.0851. The van der Waals surface area contributed by atoms with Crippen molar-refractivity contribution in [2.75, 3.05) is 44.5 Å². The Morgan fingerprint density at radius 3 is 2.55 bits per heavy atom. The Morgan fingerprint density at radius 2 is 1.85 bits per heavy atom. The van der Waals surface area contributed by atoms with E-state index in [2.05, 4.69) is 20.9 Å². The first-order valence-corrected chi connectivity index (χ1v) is 12.1. The summed E-state index contributed by atoms with van der Waals surface area (Å²) in [6, 6.07) is 7.76. The van der Waals surface area contributed by atoms with E-state index in [1.165, 1.54) is 6.07 Å². The summed E-state index contributed by atoms with van der Waals surface area (Å²) in [5, 5.41) is 10.9. The van der Waals surface area contributed by atoms with Crippen LogP contribution in [-0.4, -0.2) is 56.6 Å². The summed E-state index contributed by atoms with van der Waals surface area (Å²) < 4.78 is 25.5. The van der Waals surface area contributed by atoms with Crippen LogP contribution in [0.5, 0.6) is 0 Å². The SMILES string of the molecule is COCCNC1CCC(Nc2cc(-c3cc(NCC4(OC)CC4)ccc3F)c(Cl)cn2)CC1. The highest BCUT2D eigenvalue weighted by atomic mass is 35.5. The summed E-state index contributed by atoms with van der Waals surface area (Å²) in [5.41, 5.74) is 1.86. The average molecular weight is 477 g/mol. The molecule has 2 saturated carbocycles. The van der Waals surface area contributed by atoms with E-state index in [0.29, 0.717) is 34.8 Å². The van der Waals surface area contributed by atoms with Gasteiger partial charge in [0, 0.05) is 62.4 Å². The molecule has 1 aromatic carbocycles. The lowest BCUT2D eigenvalue weighted by Crippen LogP contribution is -2.38. The largest absolute Gasteiger partial charge is 0.383 e. The molecule has 0 radical (unpaired) electrons. The molecule has 0 unspecified atom stereocenters. The third-order valence-corrected chi connectivity index (χ3v) is 7.09. The zero-order valence-corrected chi connectivity index (χ0v) is 20.2. The minimum Gasteiger partial charge on any atom is -0.383 e. The van der Waals surface area contributed by atoms with Crippen molar-refractivity contribution >= 4 is 23.1 Å². The van der Waals surface area contributed by atoms with Gasteiger partial charge in [0.25, 0.3) is 0 Å². The van der Waals surface area contributed by atoms with E-state index in [9.17, 15) is 4.39 Å². The second-order valence-corrected chi connectivity index (χ2v) is 9.53. The van der Waals surface area contributed by atoms with E-state index < -0.39 is 0 Å². The van der Waals surface area contributed by atoms with Gasteiger partial charge in [0.2, 0.25) is 0 Å². The van der Waals surface area contributed by atoms with Gasteiger partial charge in [-0.25, -0.2) is 9.37 Å². The molecule has 6 nitrogen and oxygen atoms in total. The van der Waals surface area contributed by atoms with Crippen molar-refractivity contribution in [1.29, 1.82) is 0 Å². The number of benzene rings is 1. The molecule has 2 aromatic rings. The molecule has 0 aliphatic heterocycles. The van der Waals surface area contributed by atoms with Gasteiger partial charge in [0.1, 0.15) is 11.6 Å². The normalized spacial score (nSPS) is 21.6. The number of nitrogens with zero attached hydrogens (tertiary/aromatic N) is 1. The number of aromatic nitrogens is 1. The lowest BCUT2D eigenvalue weighted by atomic mass is 9.91. The molecule has 3 N–H and O–H groups in total. The number of hydrogen-bond donors (Lipinski definition) is 3. The molecule has 1 aromatic heterocycles.